The molecule has 0 spiro atoms. The molecule has 0 radical (unpaired) electrons. The molecule has 1 rings (SSSR count). The molecule has 0 aromatic carbocycles. The molecule has 1 unspecified atom stereocenters. The molecule has 0 aliphatic rings. The smallest absolute Gasteiger partial charge is 0.0714 e. The summed E-state index contributed by atoms with van der Waals surface area (Å²) < 4.78 is 3.03. The zero-order valence-electron chi connectivity index (χ0n) is 10.4. The van der Waals surface area contributed by atoms with Crippen LogP contribution in [0, 0.1) is 5.41 Å². The minimum atomic E-state index is 0.0444. The van der Waals surface area contributed by atoms with E-state index in [1.165, 1.54) is 0 Å². The number of nitrogens with zero attached hydrogens (tertiary/aromatic N) is 2. The Labute approximate surface area is 106 Å². The predicted octanol–water partition coefficient (Wildman–Crippen LogP) is 2.61. The molecule has 1 aromatic heterocycles. The summed E-state index contributed by atoms with van der Waals surface area (Å²) in [5.41, 5.74) is 4.06. The van der Waals surface area contributed by atoms with Crippen molar-refractivity contribution in [2.75, 3.05) is 0 Å². The largest absolute Gasteiger partial charge is 0.271 e. The summed E-state index contributed by atoms with van der Waals surface area (Å²) >= 11 is 3.54. The monoisotopic (exact) mass is 288 g/mol. The molecule has 1 heterocycles. The van der Waals surface area contributed by atoms with Gasteiger partial charge in [0.1, 0.15) is 0 Å². The molecule has 92 valence electrons. The van der Waals surface area contributed by atoms with Crippen molar-refractivity contribution in [3.05, 3.63) is 16.4 Å². The average Bonchev–Trinajstić information content (AvgIpc) is 2.49. The van der Waals surface area contributed by atoms with Crippen LogP contribution in [0.5, 0.6) is 0 Å². The first-order chi connectivity index (χ1) is 7.41. The molecule has 3 N–H and O–H groups in total. The second-order valence-corrected chi connectivity index (χ2v) is 5.92. The van der Waals surface area contributed by atoms with E-state index in [-0.39, 0.29) is 11.5 Å². The Kier molecular flexibility index (Phi) is 4.52. The molecule has 0 fully saturated rings. The van der Waals surface area contributed by atoms with Gasteiger partial charge in [-0.2, -0.15) is 5.10 Å². The van der Waals surface area contributed by atoms with Crippen molar-refractivity contribution in [3.8, 4) is 0 Å². The highest BCUT2D eigenvalue weighted by Crippen LogP contribution is 2.35. The van der Waals surface area contributed by atoms with Crippen LogP contribution in [-0.4, -0.2) is 9.78 Å². The van der Waals surface area contributed by atoms with Gasteiger partial charge in [0.25, 0.3) is 0 Å². The Morgan fingerprint density at radius 3 is 2.62 bits per heavy atom. The lowest BCUT2D eigenvalue weighted by atomic mass is 9.85. The molecule has 0 saturated heterocycles. The van der Waals surface area contributed by atoms with Gasteiger partial charge in [0.15, 0.2) is 0 Å². The highest BCUT2D eigenvalue weighted by molar-refractivity contribution is 9.10. The van der Waals surface area contributed by atoms with Gasteiger partial charge in [-0.3, -0.25) is 16.0 Å². The lowest BCUT2D eigenvalue weighted by Gasteiger charge is -2.30. The third-order valence-electron chi connectivity index (χ3n) is 2.57. The normalized spacial score (nSPS) is 14.1. The van der Waals surface area contributed by atoms with Crippen LogP contribution < -0.4 is 11.3 Å². The molecule has 0 saturated carbocycles. The Morgan fingerprint density at radius 2 is 2.19 bits per heavy atom. The van der Waals surface area contributed by atoms with Gasteiger partial charge in [0.2, 0.25) is 0 Å². The lowest BCUT2D eigenvalue weighted by Crippen LogP contribution is -2.38. The van der Waals surface area contributed by atoms with Gasteiger partial charge in [0, 0.05) is 6.54 Å². The van der Waals surface area contributed by atoms with E-state index in [9.17, 15) is 0 Å². The first-order valence-electron chi connectivity index (χ1n) is 5.59. The van der Waals surface area contributed by atoms with Crippen molar-refractivity contribution >= 4 is 15.9 Å². The van der Waals surface area contributed by atoms with E-state index in [4.69, 9.17) is 5.84 Å². The van der Waals surface area contributed by atoms with Gasteiger partial charge in [-0.05, 0) is 27.8 Å². The molecule has 0 amide bonds. The van der Waals surface area contributed by atoms with Crippen LogP contribution in [-0.2, 0) is 6.54 Å². The van der Waals surface area contributed by atoms with E-state index < -0.39 is 0 Å². The van der Waals surface area contributed by atoms with E-state index in [0.717, 1.165) is 23.1 Å². The molecule has 0 aliphatic carbocycles. The molecule has 5 heteroatoms. The fraction of sp³-hybridized carbons (Fsp3) is 0.727. The minimum Gasteiger partial charge on any atom is -0.271 e. The van der Waals surface area contributed by atoms with E-state index in [1.54, 1.807) is 0 Å². The maximum atomic E-state index is 5.67. The van der Waals surface area contributed by atoms with Gasteiger partial charge in [-0.25, -0.2) is 0 Å². The molecule has 0 aliphatic heterocycles. The van der Waals surface area contributed by atoms with Crippen molar-refractivity contribution in [1.82, 2.24) is 15.2 Å². The molecular formula is C11H21BrN4. The van der Waals surface area contributed by atoms with Crippen LogP contribution in [0.2, 0.25) is 0 Å². The number of hydrogen-bond acceptors (Lipinski definition) is 3. The van der Waals surface area contributed by atoms with Crippen molar-refractivity contribution in [2.24, 2.45) is 11.3 Å². The molecule has 1 atom stereocenters. The number of rotatable bonds is 4. The number of hydrazine groups is 1. The average molecular weight is 289 g/mol. The summed E-state index contributed by atoms with van der Waals surface area (Å²) in [5, 5.41) is 4.36. The fourth-order valence-corrected chi connectivity index (χ4v) is 2.31. The Bertz CT molecular complexity index is 340. The van der Waals surface area contributed by atoms with Gasteiger partial charge in [0.05, 0.1) is 22.4 Å². The van der Waals surface area contributed by atoms with Crippen molar-refractivity contribution in [3.63, 3.8) is 0 Å². The summed E-state index contributed by atoms with van der Waals surface area (Å²) in [7, 11) is 0. The fourth-order valence-electron chi connectivity index (χ4n) is 1.79. The van der Waals surface area contributed by atoms with Gasteiger partial charge in [-0.1, -0.05) is 27.7 Å². The first kappa shape index (κ1) is 13.7. The van der Waals surface area contributed by atoms with Crippen LogP contribution >= 0.6 is 15.9 Å². The van der Waals surface area contributed by atoms with Crippen molar-refractivity contribution < 1.29 is 0 Å². The summed E-state index contributed by atoms with van der Waals surface area (Å²) in [4.78, 5) is 0. The molecule has 1 aromatic rings. The zero-order chi connectivity index (χ0) is 12.3. The van der Waals surface area contributed by atoms with Crippen molar-refractivity contribution in [2.45, 2.75) is 46.7 Å². The van der Waals surface area contributed by atoms with Gasteiger partial charge in [-0.15, -0.1) is 0 Å². The van der Waals surface area contributed by atoms with Crippen LogP contribution in [0.25, 0.3) is 0 Å². The molecule has 0 bridgehead atoms. The first-order valence-corrected chi connectivity index (χ1v) is 6.38. The molecule has 16 heavy (non-hydrogen) atoms. The summed E-state index contributed by atoms with van der Waals surface area (Å²) in [6, 6.07) is 0.0796. The standard InChI is InChI=1S/C11H21BrN4/c1-5-6-16-9(8(12)7-14-16)10(15-13)11(2,3)4/h7,10,15H,5-6,13H2,1-4H3. The number of nitrogens with one attached hydrogen (secondary N) is 1. The number of aryl methyl sites for hydroxylation is 1. The van der Waals surface area contributed by atoms with Crippen LogP contribution in [0.4, 0.5) is 0 Å². The second kappa shape index (κ2) is 5.29. The highest BCUT2D eigenvalue weighted by Gasteiger charge is 2.29. The van der Waals surface area contributed by atoms with E-state index in [1.807, 2.05) is 10.9 Å². The number of hydrogen-bond donors (Lipinski definition) is 2. The Morgan fingerprint density at radius 1 is 1.56 bits per heavy atom. The van der Waals surface area contributed by atoms with Crippen molar-refractivity contribution in [1.29, 1.82) is 0 Å². The molecule has 4 nitrogen and oxygen atoms in total. The minimum absolute atomic E-state index is 0.0444. The van der Waals surface area contributed by atoms with E-state index in [0.29, 0.717) is 0 Å². The third kappa shape index (κ3) is 2.84. The third-order valence-corrected chi connectivity index (χ3v) is 3.19. The maximum Gasteiger partial charge on any atom is 0.0714 e. The topological polar surface area (TPSA) is 55.9 Å². The molecular weight excluding hydrogens is 268 g/mol. The second-order valence-electron chi connectivity index (χ2n) is 5.07. The van der Waals surface area contributed by atoms with E-state index >= 15 is 0 Å². The summed E-state index contributed by atoms with van der Waals surface area (Å²) in [5.74, 6) is 5.67. The Hall–Kier alpha value is -0.390. The highest BCUT2D eigenvalue weighted by atomic mass is 79.9. The summed E-state index contributed by atoms with van der Waals surface area (Å²) in [6.45, 7) is 9.53. The maximum absolute atomic E-state index is 5.67. The number of halogens is 1. The van der Waals surface area contributed by atoms with E-state index in [2.05, 4.69) is 54.1 Å². The zero-order valence-corrected chi connectivity index (χ0v) is 12.0. The van der Waals surface area contributed by atoms with Gasteiger partial charge < -0.3 is 0 Å². The number of aromatic nitrogens is 2. The number of nitrogens with two attached hydrogens (primary N) is 1. The summed E-state index contributed by atoms with van der Waals surface area (Å²) in [6.07, 6.45) is 2.89. The van der Waals surface area contributed by atoms with Crippen LogP contribution in [0.15, 0.2) is 10.7 Å². The van der Waals surface area contributed by atoms with Crippen LogP contribution in [0.1, 0.15) is 45.9 Å². The SMILES string of the molecule is CCCn1ncc(Br)c1C(NN)C(C)(C)C. The van der Waals surface area contributed by atoms with Crippen LogP contribution in [0.3, 0.4) is 0 Å². The van der Waals surface area contributed by atoms with Gasteiger partial charge >= 0.3 is 0 Å². The Balaban J connectivity index is 3.13. The quantitative estimate of drug-likeness (QED) is 0.661. The lowest BCUT2D eigenvalue weighted by molar-refractivity contribution is 0.259. The predicted molar refractivity (Wildman–Crippen MR) is 69.7 cm³/mol.